The second kappa shape index (κ2) is 10.6. The zero-order chi connectivity index (χ0) is 25.6. The molecule has 0 aliphatic rings. The summed E-state index contributed by atoms with van der Waals surface area (Å²) in [5.41, 5.74) is 3.89. The summed E-state index contributed by atoms with van der Waals surface area (Å²) < 4.78 is 16.8. The number of methoxy groups -OCH3 is 1. The average molecular weight is 495 g/mol. The highest BCUT2D eigenvalue weighted by Crippen LogP contribution is 2.37. The van der Waals surface area contributed by atoms with Crippen LogP contribution in [0.25, 0.3) is 26.8 Å². The molecule has 0 aliphatic carbocycles. The van der Waals surface area contributed by atoms with Gasteiger partial charge in [-0.25, -0.2) is 14.6 Å². The zero-order valence-electron chi connectivity index (χ0n) is 19.8. The Labute approximate surface area is 212 Å². The number of hydrogen-bond donors (Lipinski definition) is 3. The largest absolute Gasteiger partial charge is 0.502 e. The molecular formula is C27H22N6O4. The average Bonchev–Trinajstić information content (AvgIpc) is 3.38. The standard InChI is InChI=1S/C27H22N6O4/c1-28-24-14-20-22(15-26(24)36-12-11-35-2)29-10-9-25(20)37-19-6-3-17(4-7-19)32-27(34)33-18-5-8-21-23(13-18)31-16-30-21/h3-10,13-16H,11-12H2,2H3,(H,30,31)(H2,32,33,34). The number of benzene rings is 3. The van der Waals surface area contributed by atoms with E-state index in [0.29, 0.717) is 58.4 Å². The van der Waals surface area contributed by atoms with Crippen molar-refractivity contribution in [3.63, 3.8) is 0 Å². The summed E-state index contributed by atoms with van der Waals surface area (Å²) in [5.74, 6) is 1.56. The Morgan fingerprint density at radius 2 is 1.76 bits per heavy atom. The van der Waals surface area contributed by atoms with E-state index in [2.05, 4.69) is 30.4 Å². The second-order valence-electron chi connectivity index (χ2n) is 7.94. The Kier molecular flexibility index (Phi) is 6.78. The first-order valence-corrected chi connectivity index (χ1v) is 11.3. The number of fused-ring (bicyclic) bond motifs is 2. The number of anilines is 2. The van der Waals surface area contributed by atoms with E-state index in [1.54, 1.807) is 74.2 Å². The van der Waals surface area contributed by atoms with Crippen LogP contribution in [-0.4, -0.2) is 41.3 Å². The van der Waals surface area contributed by atoms with Crippen molar-refractivity contribution in [2.24, 2.45) is 0 Å². The van der Waals surface area contributed by atoms with E-state index in [1.165, 1.54) is 0 Å². The first-order chi connectivity index (χ1) is 18.1. The second-order valence-corrected chi connectivity index (χ2v) is 7.94. The van der Waals surface area contributed by atoms with Gasteiger partial charge in [0.25, 0.3) is 0 Å². The summed E-state index contributed by atoms with van der Waals surface area (Å²) in [6, 6.07) is 17.2. The molecule has 0 saturated heterocycles. The molecule has 0 aliphatic heterocycles. The predicted molar refractivity (Wildman–Crippen MR) is 141 cm³/mol. The number of carbonyl (C=O) groups is 1. The molecule has 184 valence electrons. The number of rotatable bonds is 8. The van der Waals surface area contributed by atoms with Gasteiger partial charge >= 0.3 is 6.03 Å². The topological polar surface area (TPSA) is 115 Å². The third kappa shape index (κ3) is 5.42. The van der Waals surface area contributed by atoms with Crippen molar-refractivity contribution in [1.29, 1.82) is 0 Å². The summed E-state index contributed by atoms with van der Waals surface area (Å²) in [4.78, 5) is 27.6. The van der Waals surface area contributed by atoms with Crippen molar-refractivity contribution in [3.8, 4) is 17.2 Å². The molecular weight excluding hydrogens is 472 g/mol. The van der Waals surface area contributed by atoms with Crippen molar-refractivity contribution in [1.82, 2.24) is 15.0 Å². The molecule has 0 radical (unpaired) electrons. The van der Waals surface area contributed by atoms with Gasteiger partial charge in [-0.3, -0.25) is 4.98 Å². The van der Waals surface area contributed by atoms with Crippen molar-refractivity contribution < 1.29 is 19.0 Å². The van der Waals surface area contributed by atoms with E-state index in [-0.39, 0.29) is 6.03 Å². The lowest BCUT2D eigenvalue weighted by atomic mass is 10.1. The van der Waals surface area contributed by atoms with Crippen LogP contribution in [0.5, 0.6) is 17.2 Å². The molecule has 0 unspecified atom stereocenters. The Hall–Kier alpha value is -5.14. The molecule has 37 heavy (non-hydrogen) atoms. The van der Waals surface area contributed by atoms with Crippen LogP contribution in [-0.2, 0) is 4.74 Å². The van der Waals surface area contributed by atoms with Crippen LogP contribution in [0.4, 0.5) is 21.9 Å². The number of aromatic amines is 1. The van der Waals surface area contributed by atoms with Crippen LogP contribution in [0.15, 0.2) is 73.2 Å². The lowest BCUT2D eigenvalue weighted by molar-refractivity contribution is 0.147. The van der Waals surface area contributed by atoms with Gasteiger partial charge in [0.05, 0.1) is 36.1 Å². The number of nitrogens with zero attached hydrogens (tertiary/aromatic N) is 3. The molecule has 10 heteroatoms. The number of ether oxygens (including phenoxy) is 3. The van der Waals surface area contributed by atoms with Crippen molar-refractivity contribution >= 4 is 45.0 Å². The minimum absolute atomic E-state index is 0.332. The van der Waals surface area contributed by atoms with Crippen LogP contribution in [0.1, 0.15) is 0 Å². The van der Waals surface area contributed by atoms with Crippen LogP contribution < -0.4 is 20.1 Å². The third-order valence-corrected chi connectivity index (χ3v) is 5.47. The Balaban J connectivity index is 1.27. The highest BCUT2D eigenvalue weighted by molar-refractivity contribution is 6.00. The maximum atomic E-state index is 12.4. The summed E-state index contributed by atoms with van der Waals surface area (Å²) in [6.07, 6.45) is 3.24. The van der Waals surface area contributed by atoms with E-state index in [4.69, 9.17) is 20.8 Å². The molecule has 2 amide bonds. The van der Waals surface area contributed by atoms with Gasteiger partial charge < -0.3 is 29.8 Å². The normalized spacial score (nSPS) is 10.7. The van der Waals surface area contributed by atoms with E-state index in [0.717, 1.165) is 11.0 Å². The molecule has 2 heterocycles. The number of pyridine rings is 1. The maximum absolute atomic E-state index is 12.4. The van der Waals surface area contributed by atoms with Gasteiger partial charge in [0.15, 0.2) is 0 Å². The monoisotopic (exact) mass is 494 g/mol. The number of amides is 2. The third-order valence-electron chi connectivity index (χ3n) is 5.47. The molecule has 3 aromatic carbocycles. The molecule has 0 atom stereocenters. The number of H-pyrrole nitrogens is 1. The molecule has 3 N–H and O–H groups in total. The fourth-order valence-corrected chi connectivity index (χ4v) is 3.70. The van der Waals surface area contributed by atoms with Gasteiger partial charge in [-0.05, 0) is 60.7 Å². The quantitative estimate of drug-likeness (QED) is 0.177. The predicted octanol–water partition coefficient (Wildman–Crippen LogP) is 6.12. The number of imidazole rings is 1. The number of aromatic nitrogens is 3. The van der Waals surface area contributed by atoms with Crippen LogP contribution in [0.2, 0.25) is 0 Å². The van der Waals surface area contributed by atoms with E-state index < -0.39 is 0 Å². The minimum Gasteiger partial charge on any atom is -0.502 e. The molecule has 0 saturated carbocycles. The Morgan fingerprint density at radius 3 is 2.57 bits per heavy atom. The maximum Gasteiger partial charge on any atom is 0.323 e. The number of urea groups is 1. The van der Waals surface area contributed by atoms with Crippen molar-refractivity contribution in [3.05, 3.63) is 84.6 Å². The Morgan fingerprint density at radius 1 is 0.946 bits per heavy atom. The number of hydrogen-bond acceptors (Lipinski definition) is 6. The number of nitrogens with one attached hydrogen (secondary N) is 3. The van der Waals surface area contributed by atoms with Gasteiger partial charge in [0.2, 0.25) is 5.69 Å². The van der Waals surface area contributed by atoms with E-state index >= 15 is 0 Å². The van der Waals surface area contributed by atoms with Gasteiger partial charge in [0.1, 0.15) is 23.9 Å². The van der Waals surface area contributed by atoms with Gasteiger partial charge in [-0.1, -0.05) is 0 Å². The van der Waals surface area contributed by atoms with Gasteiger partial charge in [-0.2, -0.15) is 0 Å². The fraction of sp³-hybridized carbons (Fsp3) is 0.111. The van der Waals surface area contributed by atoms with Gasteiger partial charge in [-0.15, -0.1) is 0 Å². The van der Waals surface area contributed by atoms with Crippen molar-refractivity contribution in [2.45, 2.75) is 0 Å². The first-order valence-electron chi connectivity index (χ1n) is 11.3. The van der Waals surface area contributed by atoms with Crippen LogP contribution in [0, 0.1) is 6.57 Å². The Bertz CT molecular complexity index is 1610. The lowest BCUT2D eigenvalue weighted by Gasteiger charge is -2.13. The summed E-state index contributed by atoms with van der Waals surface area (Å²) in [7, 11) is 1.59. The zero-order valence-corrected chi connectivity index (χ0v) is 19.8. The van der Waals surface area contributed by atoms with Gasteiger partial charge in [0, 0.05) is 30.1 Å². The van der Waals surface area contributed by atoms with Crippen LogP contribution >= 0.6 is 0 Å². The molecule has 2 aromatic heterocycles. The van der Waals surface area contributed by atoms with Crippen molar-refractivity contribution in [2.75, 3.05) is 31.0 Å². The molecule has 10 nitrogen and oxygen atoms in total. The molecule has 0 spiro atoms. The highest BCUT2D eigenvalue weighted by atomic mass is 16.5. The lowest BCUT2D eigenvalue weighted by Crippen LogP contribution is -2.19. The summed E-state index contributed by atoms with van der Waals surface area (Å²) >= 11 is 0. The summed E-state index contributed by atoms with van der Waals surface area (Å²) in [6.45, 7) is 8.27. The van der Waals surface area contributed by atoms with E-state index in [9.17, 15) is 4.79 Å². The van der Waals surface area contributed by atoms with Crippen LogP contribution in [0.3, 0.4) is 0 Å². The molecule has 0 bridgehead atoms. The SMILES string of the molecule is [C-]#[N+]c1cc2c(Oc3ccc(NC(=O)Nc4ccc5[nH]cnc5c4)cc3)ccnc2cc1OCCOC. The fourth-order valence-electron chi connectivity index (χ4n) is 3.70. The first kappa shape index (κ1) is 23.6. The summed E-state index contributed by atoms with van der Waals surface area (Å²) in [5, 5.41) is 6.27. The highest BCUT2D eigenvalue weighted by Gasteiger charge is 2.12. The molecule has 5 rings (SSSR count). The number of carbonyl (C=O) groups excluding carboxylic acids is 1. The molecule has 5 aromatic rings. The molecule has 0 fully saturated rings. The minimum atomic E-state index is -0.376. The smallest absolute Gasteiger partial charge is 0.323 e. The van der Waals surface area contributed by atoms with E-state index in [1.807, 2.05) is 6.07 Å².